The van der Waals surface area contributed by atoms with Crippen molar-refractivity contribution in [2.24, 2.45) is 0 Å². The number of aromatic hydroxyl groups is 3. The van der Waals surface area contributed by atoms with E-state index in [9.17, 15) is 20.1 Å². The zero-order valence-electron chi connectivity index (χ0n) is 13.5. The molecule has 0 aliphatic rings. The molecular formula is C21H14O5. The molecule has 5 heteroatoms. The monoisotopic (exact) mass is 346 g/mol. The summed E-state index contributed by atoms with van der Waals surface area (Å²) in [7, 11) is 0. The average molecular weight is 346 g/mol. The number of hydrogen-bond acceptors (Lipinski definition) is 5. The molecule has 4 rings (SSSR count). The Morgan fingerprint density at radius 2 is 1.19 bits per heavy atom. The second kappa shape index (κ2) is 5.97. The smallest absolute Gasteiger partial charge is 0.193 e. The van der Waals surface area contributed by atoms with Crippen molar-refractivity contribution in [1.29, 1.82) is 0 Å². The fraction of sp³-hybridized carbons (Fsp3) is 0. The van der Waals surface area contributed by atoms with Crippen molar-refractivity contribution >= 4 is 11.0 Å². The van der Waals surface area contributed by atoms with Crippen LogP contribution in [0.2, 0.25) is 0 Å². The van der Waals surface area contributed by atoms with Crippen LogP contribution in [0.3, 0.4) is 0 Å². The van der Waals surface area contributed by atoms with E-state index in [-0.39, 0.29) is 33.6 Å². The molecule has 0 spiro atoms. The summed E-state index contributed by atoms with van der Waals surface area (Å²) in [5.74, 6) is -0.140. The predicted molar refractivity (Wildman–Crippen MR) is 98.4 cm³/mol. The summed E-state index contributed by atoms with van der Waals surface area (Å²) in [5, 5.41) is 28.7. The minimum absolute atomic E-state index is 0.199. The third kappa shape index (κ3) is 2.75. The predicted octanol–water partition coefficient (Wildman–Crippen LogP) is 4.24. The molecule has 1 aromatic heterocycles. The SMILES string of the molecule is O=c1cc(-c2ccc(-c3ccc(O)cc3)cc2)oc2cc(O)c(O)cc12. The fourth-order valence-electron chi connectivity index (χ4n) is 2.80. The molecule has 0 bridgehead atoms. The van der Waals surface area contributed by atoms with E-state index in [0.29, 0.717) is 11.3 Å². The van der Waals surface area contributed by atoms with Gasteiger partial charge < -0.3 is 19.7 Å². The maximum Gasteiger partial charge on any atom is 0.193 e. The first-order valence-corrected chi connectivity index (χ1v) is 7.91. The lowest BCUT2D eigenvalue weighted by Crippen LogP contribution is -2.00. The molecule has 3 aromatic carbocycles. The minimum Gasteiger partial charge on any atom is -0.508 e. The van der Waals surface area contributed by atoms with Crippen LogP contribution in [0, 0.1) is 0 Å². The first kappa shape index (κ1) is 15.8. The van der Waals surface area contributed by atoms with Crippen molar-refractivity contribution in [1.82, 2.24) is 0 Å². The molecule has 0 amide bonds. The van der Waals surface area contributed by atoms with Gasteiger partial charge >= 0.3 is 0 Å². The highest BCUT2D eigenvalue weighted by molar-refractivity contribution is 5.82. The van der Waals surface area contributed by atoms with E-state index >= 15 is 0 Å². The Hall–Kier alpha value is -3.73. The quantitative estimate of drug-likeness (QED) is 0.472. The van der Waals surface area contributed by atoms with Crippen LogP contribution in [-0.2, 0) is 0 Å². The van der Waals surface area contributed by atoms with Crippen molar-refractivity contribution in [3.63, 3.8) is 0 Å². The van der Waals surface area contributed by atoms with Crippen molar-refractivity contribution in [3.05, 3.63) is 77.0 Å². The van der Waals surface area contributed by atoms with Crippen LogP contribution in [0.1, 0.15) is 0 Å². The number of phenols is 3. The summed E-state index contributed by atoms with van der Waals surface area (Å²) in [6.45, 7) is 0. The fourth-order valence-corrected chi connectivity index (χ4v) is 2.80. The molecule has 26 heavy (non-hydrogen) atoms. The van der Waals surface area contributed by atoms with E-state index in [1.807, 2.05) is 36.4 Å². The van der Waals surface area contributed by atoms with Crippen LogP contribution in [0.25, 0.3) is 33.4 Å². The third-order valence-electron chi connectivity index (χ3n) is 4.19. The summed E-state index contributed by atoms with van der Waals surface area (Å²) in [4.78, 5) is 12.3. The number of rotatable bonds is 2. The van der Waals surface area contributed by atoms with Crippen LogP contribution in [0.15, 0.2) is 75.9 Å². The zero-order chi connectivity index (χ0) is 18.3. The Kier molecular flexibility index (Phi) is 3.62. The summed E-state index contributed by atoms with van der Waals surface area (Å²) in [5.41, 5.74) is 2.51. The molecule has 0 radical (unpaired) electrons. The van der Waals surface area contributed by atoms with Gasteiger partial charge in [-0.2, -0.15) is 0 Å². The van der Waals surface area contributed by atoms with Gasteiger partial charge in [-0.15, -0.1) is 0 Å². The Morgan fingerprint density at radius 1 is 0.654 bits per heavy atom. The Labute approximate surface area is 148 Å². The van der Waals surface area contributed by atoms with Gasteiger partial charge in [-0.05, 0) is 29.3 Å². The molecule has 0 saturated carbocycles. The Bertz CT molecular complexity index is 1160. The van der Waals surface area contributed by atoms with Gasteiger partial charge in [-0.3, -0.25) is 4.79 Å². The highest BCUT2D eigenvalue weighted by Crippen LogP contribution is 2.31. The molecule has 0 fully saturated rings. The highest BCUT2D eigenvalue weighted by atomic mass is 16.3. The first-order valence-electron chi connectivity index (χ1n) is 7.91. The van der Waals surface area contributed by atoms with Crippen LogP contribution in [-0.4, -0.2) is 15.3 Å². The van der Waals surface area contributed by atoms with Gasteiger partial charge in [0.15, 0.2) is 16.9 Å². The number of benzene rings is 3. The van der Waals surface area contributed by atoms with Crippen LogP contribution in [0.4, 0.5) is 0 Å². The first-order chi connectivity index (χ1) is 12.5. The van der Waals surface area contributed by atoms with E-state index in [0.717, 1.165) is 11.1 Å². The zero-order valence-corrected chi connectivity index (χ0v) is 13.5. The number of phenolic OH excluding ortho intramolecular Hbond substituents is 3. The van der Waals surface area contributed by atoms with E-state index in [2.05, 4.69) is 0 Å². The Balaban J connectivity index is 1.76. The molecule has 0 saturated heterocycles. The normalized spacial score (nSPS) is 10.9. The minimum atomic E-state index is -0.365. The summed E-state index contributed by atoms with van der Waals surface area (Å²) in [6, 6.07) is 18.1. The molecule has 0 atom stereocenters. The molecule has 0 aliphatic carbocycles. The second-order valence-corrected chi connectivity index (χ2v) is 5.94. The summed E-state index contributed by atoms with van der Waals surface area (Å²) >= 11 is 0. The van der Waals surface area contributed by atoms with Crippen molar-refractivity contribution in [2.75, 3.05) is 0 Å². The molecule has 1 heterocycles. The van der Waals surface area contributed by atoms with Crippen LogP contribution >= 0.6 is 0 Å². The highest BCUT2D eigenvalue weighted by Gasteiger charge is 2.11. The van der Waals surface area contributed by atoms with E-state index in [4.69, 9.17) is 4.42 Å². The largest absolute Gasteiger partial charge is 0.508 e. The molecule has 5 nitrogen and oxygen atoms in total. The van der Waals surface area contributed by atoms with Crippen molar-refractivity contribution < 1.29 is 19.7 Å². The molecule has 3 N–H and O–H groups in total. The molecular weight excluding hydrogens is 332 g/mol. The van der Waals surface area contributed by atoms with Crippen LogP contribution in [0.5, 0.6) is 17.2 Å². The lowest BCUT2D eigenvalue weighted by Gasteiger charge is -2.06. The van der Waals surface area contributed by atoms with Crippen molar-refractivity contribution in [2.45, 2.75) is 0 Å². The van der Waals surface area contributed by atoms with E-state index < -0.39 is 0 Å². The van der Waals surface area contributed by atoms with Gasteiger partial charge in [0.05, 0.1) is 5.39 Å². The lowest BCUT2D eigenvalue weighted by molar-refractivity contribution is 0.403. The van der Waals surface area contributed by atoms with Crippen LogP contribution < -0.4 is 5.43 Å². The molecule has 128 valence electrons. The Morgan fingerprint density at radius 3 is 1.85 bits per heavy atom. The molecule has 4 aromatic rings. The maximum absolute atomic E-state index is 12.3. The topological polar surface area (TPSA) is 90.9 Å². The maximum atomic E-state index is 12.3. The lowest BCUT2D eigenvalue weighted by atomic mass is 10.0. The second-order valence-electron chi connectivity index (χ2n) is 5.94. The number of hydrogen-bond donors (Lipinski definition) is 3. The van der Waals surface area contributed by atoms with Gasteiger partial charge in [-0.1, -0.05) is 36.4 Å². The number of fused-ring (bicyclic) bond motifs is 1. The van der Waals surface area contributed by atoms with Gasteiger partial charge in [-0.25, -0.2) is 0 Å². The van der Waals surface area contributed by atoms with Gasteiger partial charge in [0.25, 0.3) is 0 Å². The van der Waals surface area contributed by atoms with Gasteiger partial charge in [0, 0.05) is 17.7 Å². The molecule has 0 aliphatic heterocycles. The summed E-state index contributed by atoms with van der Waals surface area (Å²) < 4.78 is 5.72. The van der Waals surface area contributed by atoms with E-state index in [1.165, 1.54) is 18.2 Å². The van der Waals surface area contributed by atoms with Gasteiger partial charge in [0.1, 0.15) is 17.1 Å². The third-order valence-corrected chi connectivity index (χ3v) is 4.19. The average Bonchev–Trinajstić information content (AvgIpc) is 2.64. The summed E-state index contributed by atoms with van der Waals surface area (Å²) in [6.07, 6.45) is 0. The standard InChI is InChI=1S/C21H14O5/c22-15-7-5-13(6-8-15)12-1-3-14(4-2-12)20-10-17(23)16-9-18(24)19(25)11-21(16)26-20/h1-11,22,24-25H. The molecule has 0 unspecified atom stereocenters. The van der Waals surface area contributed by atoms with E-state index in [1.54, 1.807) is 12.1 Å². The van der Waals surface area contributed by atoms with Crippen molar-refractivity contribution in [3.8, 4) is 39.7 Å². The van der Waals surface area contributed by atoms with Gasteiger partial charge in [0.2, 0.25) is 0 Å².